The Morgan fingerprint density at radius 3 is 2.52 bits per heavy atom. The molecule has 0 radical (unpaired) electrons. The fraction of sp³-hybridized carbons (Fsp3) is 0.533. The van der Waals surface area contributed by atoms with Crippen molar-refractivity contribution in [2.75, 3.05) is 0 Å². The van der Waals surface area contributed by atoms with Crippen molar-refractivity contribution in [3.8, 4) is 5.75 Å². The maximum Gasteiger partial charge on any atom is 0.417 e. The smallest absolute Gasteiger partial charge is 0.417 e. The van der Waals surface area contributed by atoms with Crippen LogP contribution in [0, 0.1) is 5.92 Å². The molecule has 2 rings (SSSR count). The molecule has 6 heteroatoms. The first kappa shape index (κ1) is 16.1. The Labute approximate surface area is 127 Å². The van der Waals surface area contributed by atoms with Gasteiger partial charge < -0.3 is 10.5 Å². The van der Waals surface area contributed by atoms with E-state index >= 15 is 0 Å². The second kappa shape index (κ2) is 6.22. The molecule has 2 N–H and O–H groups in total. The normalized spacial score (nSPS) is 22.9. The first-order valence-electron chi connectivity index (χ1n) is 6.96. The summed E-state index contributed by atoms with van der Waals surface area (Å²) >= 11 is 4.68. The van der Waals surface area contributed by atoms with Crippen LogP contribution in [-0.2, 0) is 6.18 Å². The van der Waals surface area contributed by atoms with E-state index in [0.717, 1.165) is 31.7 Å². The van der Waals surface area contributed by atoms with Crippen molar-refractivity contribution >= 4 is 17.2 Å². The van der Waals surface area contributed by atoms with E-state index in [2.05, 4.69) is 19.1 Å². The maximum absolute atomic E-state index is 13.1. The van der Waals surface area contributed by atoms with Crippen molar-refractivity contribution in [2.45, 2.75) is 44.9 Å². The molecule has 0 spiro atoms. The van der Waals surface area contributed by atoms with Gasteiger partial charge in [-0.3, -0.25) is 0 Å². The zero-order valence-corrected chi connectivity index (χ0v) is 12.6. The van der Waals surface area contributed by atoms with Gasteiger partial charge >= 0.3 is 6.18 Å². The third-order valence-corrected chi connectivity index (χ3v) is 4.10. The molecule has 0 amide bonds. The standard InChI is InChI=1S/C15H18F3NOS/c1-9-4-2-3-5-13(9)20-10-6-7-11(14(19)21)12(8-10)15(16,17)18/h6-9,13H,2-5H2,1H3,(H2,19,21). The molecule has 1 aliphatic carbocycles. The Balaban J connectivity index is 2.27. The lowest BCUT2D eigenvalue weighted by Crippen LogP contribution is -2.28. The lowest BCUT2D eigenvalue weighted by atomic mass is 9.88. The van der Waals surface area contributed by atoms with Crippen LogP contribution in [0.25, 0.3) is 0 Å². The van der Waals surface area contributed by atoms with E-state index in [0.29, 0.717) is 5.92 Å². The van der Waals surface area contributed by atoms with Crippen LogP contribution in [0.1, 0.15) is 43.7 Å². The van der Waals surface area contributed by atoms with Crippen LogP contribution in [0.4, 0.5) is 13.2 Å². The van der Waals surface area contributed by atoms with Crippen LogP contribution in [0.3, 0.4) is 0 Å². The second-order valence-electron chi connectivity index (χ2n) is 5.49. The van der Waals surface area contributed by atoms with E-state index in [1.54, 1.807) is 0 Å². The monoisotopic (exact) mass is 317 g/mol. The summed E-state index contributed by atoms with van der Waals surface area (Å²) < 4.78 is 45.0. The predicted octanol–water partition coefficient (Wildman–Crippen LogP) is 4.30. The Morgan fingerprint density at radius 2 is 1.95 bits per heavy atom. The van der Waals surface area contributed by atoms with Gasteiger partial charge in [-0.1, -0.05) is 25.6 Å². The van der Waals surface area contributed by atoms with Gasteiger partial charge in [0.1, 0.15) is 16.8 Å². The fourth-order valence-corrected chi connectivity index (χ4v) is 2.86. The maximum atomic E-state index is 13.1. The molecular formula is C15H18F3NOS. The number of halogens is 3. The molecule has 0 bridgehead atoms. The molecule has 1 aromatic carbocycles. The average molecular weight is 317 g/mol. The summed E-state index contributed by atoms with van der Waals surface area (Å²) in [4.78, 5) is -0.264. The van der Waals surface area contributed by atoms with E-state index in [1.165, 1.54) is 12.1 Å². The molecular weight excluding hydrogens is 299 g/mol. The summed E-state index contributed by atoms with van der Waals surface area (Å²) in [7, 11) is 0. The van der Waals surface area contributed by atoms with Crippen LogP contribution in [0.5, 0.6) is 5.75 Å². The Kier molecular flexibility index (Phi) is 4.76. The summed E-state index contributed by atoms with van der Waals surface area (Å²) in [6, 6.07) is 3.79. The number of hydrogen-bond acceptors (Lipinski definition) is 2. The molecule has 116 valence electrons. The van der Waals surface area contributed by atoms with Gasteiger partial charge in [0.2, 0.25) is 0 Å². The highest BCUT2D eigenvalue weighted by Gasteiger charge is 2.35. The number of hydrogen-bond donors (Lipinski definition) is 1. The minimum atomic E-state index is -4.50. The van der Waals surface area contributed by atoms with E-state index < -0.39 is 11.7 Å². The molecule has 21 heavy (non-hydrogen) atoms. The zero-order valence-electron chi connectivity index (χ0n) is 11.7. The van der Waals surface area contributed by atoms with Crippen LogP contribution in [-0.4, -0.2) is 11.1 Å². The largest absolute Gasteiger partial charge is 0.490 e. The number of nitrogens with two attached hydrogens (primary N) is 1. The van der Waals surface area contributed by atoms with E-state index in [4.69, 9.17) is 10.5 Å². The second-order valence-corrected chi connectivity index (χ2v) is 5.93. The molecule has 1 aromatic rings. The highest BCUT2D eigenvalue weighted by molar-refractivity contribution is 7.80. The summed E-state index contributed by atoms with van der Waals surface area (Å²) in [5.41, 5.74) is 4.36. The molecule has 0 heterocycles. The molecule has 1 fully saturated rings. The summed E-state index contributed by atoms with van der Waals surface area (Å²) in [6.45, 7) is 2.07. The van der Waals surface area contributed by atoms with Gasteiger partial charge in [0.25, 0.3) is 0 Å². The van der Waals surface area contributed by atoms with Gasteiger partial charge in [-0.05, 0) is 43.4 Å². The lowest BCUT2D eigenvalue weighted by Gasteiger charge is -2.29. The van der Waals surface area contributed by atoms with Crippen molar-refractivity contribution in [3.05, 3.63) is 29.3 Å². The molecule has 2 atom stereocenters. The van der Waals surface area contributed by atoms with Crippen molar-refractivity contribution in [1.29, 1.82) is 0 Å². The summed E-state index contributed by atoms with van der Waals surface area (Å²) in [5, 5.41) is 0. The Bertz CT molecular complexity index is 530. The van der Waals surface area contributed by atoms with Crippen LogP contribution >= 0.6 is 12.2 Å². The third-order valence-electron chi connectivity index (χ3n) is 3.88. The van der Waals surface area contributed by atoms with E-state index in [9.17, 15) is 13.2 Å². The molecule has 1 saturated carbocycles. The Morgan fingerprint density at radius 1 is 1.29 bits per heavy atom. The average Bonchev–Trinajstić information content (AvgIpc) is 2.40. The van der Waals surface area contributed by atoms with Crippen LogP contribution in [0.15, 0.2) is 18.2 Å². The zero-order chi connectivity index (χ0) is 15.6. The molecule has 2 unspecified atom stereocenters. The quantitative estimate of drug-likeness (QED) is 0.844. The SMILES string of the molecule is CC1CCCCC1Oc1ccc(C(N)=S)c(C(F)(F)F)c1. The highest BCUT2D eigenvalue weighted by Crippen LogP contribution is 2.36. The summed E-state index contributed by atoms with van der Waals surface area (Å²) in [5.74, 6) is 0.574. The minimum absolute atomic E-state index is 0.0319. The van der Waals surface area contributed by atoms with Gasteiger partial charge in [-0.15, -0.1) is 0 Å². The number of benzene rings is 1. The van der Waals surface area contributed by atoms with E-state index in [1.807, 2.05) is 0 Å². The molecule has 0 saturated heterocycles. The van der Waals surface area contributed by atoms with Gasteiger partial charge in [-0.2, -0.15) is 13.2 Å². The van der Waals surface area contributed by atoms with Gasteiger partial charge in [-0.25, -0.2) is 0 Å². The van der Waals surface area contributed by atoms with Gasteiger partial charge in [0.15, 0.2) is 0 Å². The predicted molar refractivity (Wildman–Crippen MR) is 79.4 cm³/mol. The minimum Gasteiger partial charge on any atom is -0.490 e. The first-order valence-corrected chi connectivity index (χ1v) is 7.37. The lowest BCUT2D eigenvalue weighted by molar-refractivity contribution is -0.137. The molecule has 2 nitrogen and oxygen atoms in total. The van der Waals surface area contributed by atoms with Crippen molar-refractivity contribution in [1.82, 2.24) is 0 Å². The van der Waals surface area contributed by atoms with Crippen molar-refractivity contribution in [3.63, 3.8) is 0 Å². The van der Waals surface area contributed by atoms with Crippen LogP contribution < -0.4 is 10.5 Å². The highest BCUT2D eigenvalue weighted by atomic mass is 32.1. The van der Waals surface area contributed by atoms with Crippen molar-refractivity contribution < 1.29 is 17.9 Å². The topological polar surface area (TPSA) is 35.2 Å². The van der Waals surface area contributed by atoms with E-state index in [-0.39, 0.29) is 22.4 Å². The summed E-state index contributed by atoms with van der Waals surface area (Å²) in [6.07, 6.45) is -0.422. The van der Waals surface area contributed by atoms with Crippen molar-refractivity contribution in [2.24, 2.45) is 11.7 Å². The third kappa shape index (κ3) is 3.87. The number of thiocarbonyl (C=S) groups is 1. The van der Waals surface area contributed by atoms with Crippen LogP contribution in [0.2, 0.25) is 0 Å². The van der Waals surface area contributed by atoms with Gasteiger partial charge in [0.05, 0.1) is 5.56 Å². The first-order chi connectivity index (χ1) is 9.79. The molecule has 0 aliphatic heterocycles. The molecule has 1 aliphatic rings. The number of rotatable bonds is 3. The molecule has 0 aromatic heterocycles. The Hall–Kier alpha value is -1.30. The number of alkyl halides is 3. The van der Waals surface area contributed by atoms with Gasteiger partial charge in [0, 0.05) is 5.56 Å². The number of ether oxygens (including phenoxy) is 1. The fourth-order valence-electron chi connectivity index (χ4n) is 2.68.